The second-order valence-corrected chi connectivity index (χ2v) is 6.52. The van der Waals surface area contributed by atoms with Crippen LogP contribution < -0.4 is 5.32 Å². The standard InChI is InChI=1S/C17H17F3N4O3/c1-9(25)23-7-12(8-23)24-6-11-4-2-3-10(5-13(11)15(24)26)14(21)22-16(27)17(18,19)20/h3-5,12H,2,6-8H2,1H3,(H2,21,22,27). The van der Waals surface area contributed by atoms with E-state index in [1.54, 1.807) is 15.9 Å². The minimum Gasteiger partial charge on any atom is -0.339 e. The quantitative estimate of drug-likeness (QED) is 0.549. The molecule has 3 amide bonds. The first-order chi connectivity index (χ1) is 12.6. The molecule has 0 unspecified atom stereocenters. The number of carbonyl (C=O) groups is 3. The zero-order valence-electron chi connectivity index (χ0n) is 14.4. The molecule has 0 spiro atoms. The van der Waals surface area contributed by atoms with Crippen LogP contribution in [-0.4, -0.2) is 65.2 Å². The van der Waals surface area contributed by atoms with Crippen LogP contribution in [-0.2, 0) is 14.4 Å². The number of rotatable bonds is 2. The molecule has 2 aliphatic heterocycles. The number of fused-ring (bicyclic) bond motifs is 1. The summed E-state index contributed by atoms with van der Waals surface area (Å²) in [4.78, 5) is 38.3. The van der Waals surface area contributed by atoms with Crippen LogP contribution in [0.2, 0.25) is 0 Å². The van der Waals surface area contributed by atoms with Crippen LogP contribution in [0.25, 0.3) is 0 Å². The highest BCUT2D eigenvalue weighted by atomic mass is 19.4. The fraction of sp³-hybridized carbons (Fsp3) is 0.412. The number of amidine groups is 1. The molecule has 2 fully saturated rings. The van der Waals surface area contributed by atoms with Gasteiger partial charge in [-0.1, -0.05) is 12.2 Å². The van der Waals surface area contributed by atoms with E-state index in [0.717, 1.165) is 5.57 Å². The van der Waals surface area contributed by atoms with Crippen LogP contribution in [0.5, 0.6) is 0 Å². The summed E-state index contributed by atoms with van der Waals surface area (Å²) in [5.41, 5.74) is 1.07. The van der Waals surface area contributed by atoms with Crippen molar-refractivity contribution in [2.45, 2.75) is 25.6 Å². The number of halogens is 3. The van der Waals surface area contributed by atoms with Crippen LogP contribution in [0.1, 0.15) is 13.3 Å². The summed E-state index contributed by atoms with van der Waals surface area (Å²) in [6.45, 7) is 2.70. The summed E-state index contributed by atoms with van der Waals surface area (Å²) in [6.07, 6.45) is -0.185. The van der Waals surface area contributed by atoms with E-state index in [4.69, 9.17) is 5.41 Å². The van der Waals surface area contributed by atoms with E-state index in [1.807, 2.05) is 0 Å². The number of allylic oxidation sites excluding steroid dienone is 2. The molecule has 3 rings (SSSR count). The van der Waals surface area contributed by atoms with Gasteiger partial charge in [-0.15, -0.1) is 0 Å². The maximum absolute atomic E-state index is 12.7. The lowest BCUT2D eigenvalue weighted by atomic mass is 10.1. The molecule has 0 bridgehead atoms. The normalized spacial score (nSPS) is 20.1. The van der Waals surface area contributed by atoms with E-state index in [0.29, 0.717) is 31.6 Å². The summed E-state index contributed by atoms with van der Waals surface area (Å²) >= 11 is 0. The second-order valence-electron chi connectivity index (χ2n) is 6.52. The van der Waals surface area contributed by atoms with Gasteiger partial charge in [-0.3, -0.25) is 19.8 Å². The number of nitrogens with zero attached hydrogens (tertiary/aromatic N) is 2. The van der Waals surface area contributed by atoms with E-state index in [1.165, 1.54) is 24.4 Å². The van der Waals surface area contributed by atoms with Crippen molar-refractivity contribution in [3.05, 3.63) is 34.9 Å². The van der Waals surface area contributed by atoms with Crippen molar-refractivity contribution >= 4 is 23.6 Å². The smallest absolute Gasteiger partial charge is 0.339 e. The SMILES string of the molecule is CC(=O)N1CC(N2CC3=CCC=C(C(=N)NC(=O)C(F)(F)F)C=C3C2=O)C1. The molecule has 2 N–H and O–H groups in total. The average Bonchev–Trinajstić information content (AvgIpc) is 2.69. The molecule has 3 aliphatic rings. The Morgan fingerprint density at radius 2 is 1.93 bits per heavy atom. The Hall–Kier alpha value is -2.91. The number of carbonyl (C=O) groups excluding carboxylic acids is 3. The van der Waals surface area contributed by atoms with Crippen molar-refractivity contribution < 1.29 is 27.6 Å². The molecule has 0 aromatic heterocycles. The van der Waals surface area contributed by atoms with E-state index in [9.17, 15) is 27.6 Å². The molecule has 0 radical (unpaired) electrons. The number of nitrogens with one attached hydrogen (secondary N) is 2. The predicted molar refractivity (Wildman–Crippen MR) is 88.5 cm³/mol. The number of amides is 3. The van der Waals surface area contributed by atoms with E-state index in [2.05, 4.69) is 0 Å². The molecular weight excluding hydrogens is 365 g/mol. The predicted octanol–water partition coefficient (Wildman–Crippen LogP) is 0.898. The van der Waals surface area contributed by atoms with Gasteiger partial charge in [-0.05, 0) is 18.1 Å². The molecular formula is C17H17F3N4O3. The minimum atomic E-state index is -5.10. The Balaban J connectivity index is 1.73. The summed E-state index contributed by atoms with van der Waals surface area (Å²) in [5.74, 6) is -3.30. The van der Waals surface area contributed by atoms with Crippen LogP contribution in [0, 0.1) is 5.41 Å². The van der Waals surface area contributed by atoms with Crippen molar-refractivity contribution in [2.75, 3.05) is 19.6 Å². The maximum atomic E-state index is 12.7. The summed E-state index contributed by atoms with van der Waals surface area (Å²) in [7, 11) is 0. The van der Waals surface area contributed by atoms with Gasteiger partial charge in [0.25, 0.3) is 5.91 Å². The summed E-state index contributed by atoms with van der Waals surface area (Å²) in [6, 6.07) is -0.105. The van der Waals surface area contributed by atoms with E-state index < -0.39 is 17.9 Å². The van der Waals surface area contributed by atoms with Crippen LogP contribution >= 0.6 is 0 Å². The van der Waals surface area contributed by atoms with Crippen LogP contribution in [0.15, 0.2) is 34.9 Å². The molecule has 0 aromatic rings. The van der Waals surface area contributed by atoms with Crippen LogP contribution in [0.3, 0.4) is 0 Å². The molecule has 0 atom stereocenters. The monoisotopic (exact) mass is 382 g/mol. The summed E-state index contributed by atoms with van der Waals surface area (Å²) in [5, 5.41) is 9.23. The Kier molecular flexibility index (Phi) is 4.66. The lowest BCUT2D eigenvalue weighted by Gasteiger charge is -2.43. The Morgan fingerprint density at radius 3 is 2.52 bits per heavy atom. The third-order valence-corrected chi connectivity index (χ3v) is 4.71. The van der Waals surface area contributed by atoms with E-state index in [-0.39, 0.29) is 23.4 Å². The first-order valence-corrected chi connectivity index (χ1v) is 8.22. The van der Waals surface area contributed by atoms with Crippen LogP contribution in [0.4, 0.5) is 13.2 Å². The lowest BCUT2D eigenvalue weighted by Crippen LogP contribution is -2.60. The zero-order chi connectivity index (χ0) is 19.9. The molecule has 2 heterocycles. The van der Waals surface area contributed by atoms with E-state index >= 15 is 0 Å². The number of alkyl halides is 3. The molecule has 27 heavy (non-hydrogen) atoms. The van der Waals surface area contributed by atoms with Crippen molar-refractivity contribution in [3.63, 3.8) is 0 Å². The van der Waals surface area contributed by atoms with Gasteiger partial charge in [0.2, 0.25) is 5.91 Å². The molecule has 144 valence electrons. The van der Waals surface area contributed by atoms with Crippen molar-refractivity contribution in [2.24, 2.45) is 0 Å². The van der Waals surface area contributed by atoms with Gasteiger partial charge in [0.1, 0.15) is 5.84 Å². The molecule has 2 saturated heterocycles. The number of hydrogen-bond donors (Lipinski definition) is 2. The fourth-order valence-corrected chi connectivity index (χ4v) is 3.14. The number of likely N-dealkylation sites (tertiary alicyclic amines) is 2. The Morgan fingerprint density at radius 1 is 1.26 bits per heavy atom. The van der Waals surface area contributed by atoms with Gasteiger partial charge in [0.15, 0.2) is 0 Å². The third kappa shape index (κ3) is 3.64. The molecule has 0 saturated carbocycles. The Labute approximate surface area is 152 Å². The van der Waals surface area contributed by atoms with Crippen molar-refractivity contribution in [3.8, 4) is 0 Å². The second kappa shape index (κ2) is 6.67. The fourth-order valence-electron chi connectivity index (χ4n) is 3.14. The largest absolute Gasteiger partial charge is 0.471 e. The maximum Gasteiger partial charge on any atom is 0.471 e. The van der Waals surface area contributed by atoms with Gasteiger partial charge in [-0.2, -0.15) is 13.2 Å². The lowest BCUT2D eigenvalue weighted by molar-refractivity contribution is -0.171. The van der Waals surface area contributed by atoms with Gasteiger partial charge >= 0.3 is 12.1 Å². The highest BCUT2D eigenvalue weighted by Gasteiger charge is 2.42. The first-order valence-electron chi connectivity index (χ1n) is 8.22. The molecule has 0 aromatic carbocycles. The van der Waals surface area contributed by atoms with Gasteiger partial charge in [0, 0.05) is 37.7 Å². The van der Waals surface area contributed by atoms with Gasteiger partial charge < -0.3 is 15.1 Å². The molecule has 1 aliphatic carbocycles. The topological polar surface area (TPSA) is 93.6 Å². The molecule has 7 nitrogen and oxygen atoms in total. The van der Waals surface area contributed by atoms with Crippen molar-refractivity contribution in [1.29, 1.82) is 5.41 Å². The van der Waals surface area contributed by atoms with Gasteiger partial charge in [0.05, 0.1) is 6.04 Å². The highest BCUT2D eigenvalue weighted by Crippen LogP contribution is 2.31. The summed E-state index contributed by atoms with van der Waals surface area (Å²) < 4.78 is 37.1. The molecule has 10 heteroatoms. The Bertz CT molecular complexity index is 820. The van der Waals surface area contributed by atoms with Crippen molar-refractivity contribution in [1.82, 2.24) is 15.1 Å². The highest BCUT2D eigenvalue weighted by molar-refractivity contribution is 6.11. The minimum absolute atomic E-state index is 0.0445. The average molecular weight is 382 g/mol. The third-order valence-electron chi connectivity index (χ3n) is 4.71. The number of hydrogen-bond acceptors (Lipinski definition) is 4. The zero-order valence-corrected chi connectivity index (χ0v) is 14.4. The first kappa shape index (κ1) is 18.9. The van der Waals surface area contributed by atoms with Gasteiger partial charge in [-0.25, -0.2) is 0 Å².